The van der Waals surface area contributed by atoms with Crippen molar-refractivity contribution in [3.05, 3.63) is 40.5 Å². The van der Waals surface area contributed by atoms with Crippen LogP contribution in [0.4, 0.5) is 0 Å². The molecule has 0 unspecified atom stereocenters. The molecule has 0 saturated heterocycles. The van der Waals surface area contributed by atoms with Crippen LogP contribution >= 0.6 is 15.9 Å². The Balaban J connectivity index is 2.16. The topological polar surface area (TPSA) is 70.5 Å². The van der Waals surface area contributed by atoms with Crippen molar-refractivity contribution in [1.82, 2.24) is 9.97 Å². The molecular weight excluding hydrogens is 328 g/mol. The van der Waals surface area contributed by atoms with Gasteiger partial charge in [-0.3, -0.25) is 0 Å². The zero-order valence-corrected chi connectivity index (χ0v) is 12.4. The van der Waals surface area contributed by atoms with E-state index >= 15 is 0 Å². The van der Waals surface area contributed by atoms with Gasteiger partial charge in [0.25, 0.3) is 0 Å². The largest absolute Gasteiger partial charge is 0.480 e. The van der Waals surface area contributed by atoms with Gasteiger partial charge in [0.2, 0.25) is 5.88 Å². The summed E-state index contributed by atoms with van der Waals surface area (Å²) >= 11 is 3.25. The number of benzene rings is 1. The first-order valence-electron chi connectivity index (χ1n) is 5.57. The SMILES string of the molecule is COC(=O)c1ccc(Oc2ncc(Br)c(OC)n2)cc1. The van der Waals surface area contributed by atoms with Crippen LogP contribution in [0.5, 0.6) is 17.6 Å². The summed E-state index contributed by atoms with van der Waals surface area (Å²) in [5.41, 5.74) is 0.439. The van der Waals surface area contributed by atoms with Crippen LogP contribution in [0.15, 0.2) is 34.9 Å². The van der Waals surface area contributed by atoms with Gasteiger partial charge < -0.3 is 14.2 Å². The number of halogens is 1. The molecule has 0 spiro atoms. The monoisotopic (exact) mass is 338 g/mol. The second-order valence-corrected chi connectivity index (χ2v) is 4.48. The predicted octanol–water partition coefficient (Wildman–Crippen LogP) is 2.83. The Kier molecular flexibility index (Phi) is 4.52. The minimum atomic E-state index is -0.405. The Bertz CT molecular complexity index is 616. The number of hydrogen-bond acceptors (Lipinski definition) is 6. The van der Waals surface area contributed by atoms with Crippen molar-refractivity contribution in [3.8, 4) is 17.6 Å². The van der Waals surface area contributed by atoms with E-state index in [1.165, 1.54) is 20.4 Å². The van der Waals surface area contributed by atoms with Gasteiger partial charge in [-0.05, 0) is 40.2 Å². The number of aromatic nitrogens is 2. The molecule has 7 heteroatoms. The fourth-order valence-electron chi connectivity index (χ4n) is 1.41. The molecule has 6 nitrogen and oxygen atoms in total. The molecule has 0 amide bonds. The molecule has 0 bridgehead atoms. The highest BCUT2D eigenvalue weighted by atomic mass is 79.9. The van der Waals surface area contributed by atoms with Gasteiger partial charge in [-0.15, -0.1) is 0 Å². The molecule has 0 aliphatic rings. The van der Waals surface area contributed by atoms with Gasteiger partial charge in [0.15, 0.2) is 0 Å². The Morgan fingerprint density at radius 3 is 2.50 bits per heavy atom. The van der Waals surface area contributed by atoms with Crippen LogP contribution in [-0.2, 0) is 4.74 Å². The van der Waals surface area contributed by atoms with Crippen LogP contribution in [0.25, 0.3) is 0 Å². The number of ether oxygens (including phenoxy) is 3. The van der Waals surface area contributed by atoms with Crippen molar-refractivity contribution in [1.29, 1.82) is 0 Å². The molecule has 0 fully saturated rings. The lowest BCUT2D eigenvalue weighted by molar-refractivity contribution is 0.0600. The summed E-state index contributed by atoms with van der Waals surface area (Å²) in [4.78, 5) is 19.4. The summed E-state index contributed by atoms with van der Waals surface area (Å²) in [5, 5.41) is 0. The van der Waals surface area contributed by atoms with Crippen LogP contribution in [-0.4, -0.2) is 30.2 Å². The molecule has 1 aromatic heterocycles. The Morgan fingerprint density at radius 1 is 1.20 bits per heavy atom. The highest BCUT2D eigenvalue weighted by Crippen LogP contribution is 2.25. The van der Waals surface area contributed by atoms with Gasteiger partial charge in [-0.25, -0.2) is 9.78 Å². The van der Waals surface area contributed by atoms with Gasteiger partial charge in [0.05, 0.1) is 30.5 Å². The average Bonchev–Trinajstić information content (AvgIpc) is 2.49. The first kappa shape index (κ1) is 14.3. The van der Waals surface area contributed by atoms with Gasteiger partial charge in [0.1, 0.15) is 5.75 Å². The summed E-state index contributed by atoms with van der Waals surface area (Å²) < 4.78 is 15.8. The predicted molar refractivity (Wildman–Crippen MR) is 74.1 cm³/mol. The van der Waals surface area contributed by atoms with E-state index in [-0.39, 0.29) is 6.01 Å². The lowest BCUT2D eigenvalue weighted by Gasteiger charge is -2.06. The van der Waals surface area contributed by atoms with Crippen LogP contribution < -0.4 is 9.47 Å². The lowest BCUT2D eigenvalue weighted by Crippen LogP contribution is -2.00. The van der Waals surface area contributed by atoms with E-state index in [9.17, 15) is 4.79 Å². The van der Waals surface area contributed by atoms with Crippen molar-refractivity contribution < 1.29 is 19.0 Å². The Hall–Kier alpha value is -2.15. The highest BCUT2D eigenvalue weighted by molar-refractivity contribution is 9.10. The summed E-state index contributed by atoms with van der Waals surface area (Å²) in [5.74, 6) is 0.473. The van der Waals surface area contributed by atoms with Gasteiger partial charge in [-0.1, -0.05) is 0 Å². The number of hydrogen-bond donors (Lipinski definition) is 0. The van der Waals surface area contributed by atoms with Gasteiger partial charge in [-0.2, -0.15) is 4.98 Å². The highest BCUT2D eigenvalue weighted by Gasteiger charge is 2.08. The Labute approximate surface area is 123 Å². The number of carbonyl (C=O) groups is 1. The number of esters is 1. The van der Waals surface area contributed by atoms with Crippen LogP contribution in [0.3, 0.4) is 0 Å². The van der Waals surface area contributed by atoms with Crippen LogP contribution in [0.2, 0.25) is 0 Å². The minimum Gasteiger partial charge on any atom is -0.480 e. The third-order valence-electron chi connectivity index (χ3n) is 2.37. The zero-order valence-electron chi connectivity index (χ0n) is 10.8. The van der Waals surface area contributed by atoms with Crippen molar-refractivity contribution in [2.45, 2.75) is 0 Å². The maximum Gasteiger partial charge on any atom is 0.337 e. The molecular formula is C13H11BrN2O4. The number of carbonyl (C=O) groups excluding carboxylic acids is 1. The number of rotatable bonds is 4. The van der Waals surface area contributed by atoms with E-state index in [0.29, 0.717) is 21.7 Å². The van der Waals surface area contributed by atoms with Crippen LogP contribution in [0.1, 0.15) is 10.4 Å². The summed E-state index contributed by atoms with van der Waals surface area (Å²) in [6.45, 7) is 0. The first-order chi connectivity index (χ1) is 9.63. The van der Waals surface area contributed by atoms with E-state index in [4.69, 9.17) is 9.47 Å². The normalized spacial score (nSPS) is 9.95. The second-order valence-electron chi connectivity index (χ2n) is 3.63. The van der Waals surface area contributed by atoms with Gasteiger partial charge >= 0.3 is 12.0 Å². The molecule has 0 atom stereocenters. The maximum atomic E-state index is 11.3. The average molecular weight is 339 g/mol. The van der Waals surface area contributed by atoms with E-state index in [2.05, 4.69) is 30.6 Å². The fourth-order valence-corrected chi connectivity index (χ4v) is 1.76. The summed E-state index contributed by atoms with van der Waals surface area (Å²) in [7, 11) is 2.83. The Morgan fingerprint density at radius 2 is 1.90 bits per heavy atom. The number of methoxy groups -OCH3 is 2. The van der Waals surface area contributed by atoms with E-state index < -0.39 is 5.97 Å². The van der Waals surface area contributed by atoms with E-state index in [1.807, 2.05) is 0 Å². The van der Waals surface area contributed by atoms with E-state index in [0.717, 1.165) is 0 Å². The first-order valence-corrected chi connectivity index (χ1v) is 6.36. The molecule has 0 aliphatic heterocycles. The van der Waals surface area contributed by atoms with Crippen LogP contribution in [0, 0.1) is 0 Å². The molecule has 104 valence electrons. The summed E-state index contributed by atoms with van der Waals surface area (Å²) in [6.07, 6.45) is 1.53. The quantitative estimate of drug-likeness (QED) is 0.798. The molecule has 2 rings (SSSR count). The molecule has 20 heavy (non-hydrogen) atoms. The fraction of sp³-hybridized carbons (Fsp3) is 0.154. The minimum absolute atomic E-state index is 0.149. The lowest BCUT2D eigenvalue weighted by atomic mass is 10.2. The maximum absolute atomic E-state index is 11.3. The molecule has 0 N–H and O–H groups in total. The second kappa shape index (κ2) is 6.33. The third-order valence-corrected chi connectivity index (χ3v) is 2.91. The summed E-state index contributed by atoms with van der Waals surface area (Å²) in [6, 6.07) is 6.60. The van der Waals surface area contributed by atoms with Crippen molar-refractivity contribution in [3.63, 3.8) is 0 Å². The molecule has 0 saturated carbocycles. The van der Waals surface area contributed by atoms with Crippen molar-refractivity contribution >= 4 is 21.9 Å². The standard InChI is InChI=1S/C13H11BrN2O4/c1-18-11-10(14)7-15-13(16-11)20-9-5-3-8(4-6-9)12(17)19-2/h3-7H,1-2H3. The third kappa shape index (κ3) is 3.24. The van der Waals surface area contributed by atoms with Crippen molar-refractivity contribution in [2.75, 3.05) is 14.2 Å². The smallest absolute Gasteiger partial charge is 0.337 e. The molecule has 1 heterocycles. The zero-order chi connectivity index (χ0) is 14.5. The van der Waals surface area contributed by atoms with E-state index in [1.54, 1.807) is 24.3 Å². The molecule has 1 aromatic carbocycles. The molecule has 2 aromatic rings. The molecule has 0 aliphatic carbocycles. The molecule has 0 radical (unpaired) electrons. The number of nitrogens with zero attached hydrogens (tertiary/aromatic N) is 2. The van der Waals surface area contributed by atoms with Gasteiger partial charge in [0, 0.05) is 0 Å². The van der Waals surface area contributed by atoms with Crippen molar-refractivity contribution in [2.24, 2.45) is 0 Å².